The van der Waals surface area contributed by atoms with Gasteiger partial charge in [-0.3, -0.25) is 4.79 Å². The van der Waals surface area contributed by atoms with Crippen LogP contribution in [0.1, 0.15) is 16.4 Å². The van der Waals surface area contributed by atoms with Crippen LogP contribution in [0.15, 0.2) is 60.7 Å². The molecule has 0 spiro atoms. The maximum absolute atomic E-state index is 11.5. The van der Waals surface area contributed by atoms with E-state index in [-0.39, 0.29) is 10.4 Å². The van der Waals surface area contributed by atoms with E-state index in [9.17, 15) is 4.79 Å². The average molecular weight is 258 g/mol. The van der Waals surface area contributed by atoms with Gasteiger partial charge in [0.15, 0.2) is 0 Å². The average Bonchev–Trinajstić information content (AvgIpc) is 2.46. The van der Waals surface area contributed by atoms with Gasteiger partial charge in [0, 0.05) is 0 Å². The molecule has 0 fully saturated rings. The molecule has 0 atom stereocenters. The van der Waals surface area contributed by atoms with Gasteiger partial charge in [0.2, 0.25) is 5.12 Å². The summed E-state index contributed by atoms with van der Waals surface area (Å²) in [7, 11) is 0. The Labute approximate surface area is 111 Å². The van der Waals surface area contributed by atoms with Gasteiger partial charge in [0.25, 0.3) is 0 Å². The van der Waals surface area contributed by atoms with E-state index in [0.29, 0.717) is 0 Å². The Kier molecular flexibility index (Phi) is 4.56. The molecule has 1 N–H and O–H groups in total. The zero-order valence-corrected chi connectivity index (χ0v) is 10.6. The van der Waals surface area contributed by atoms with E-state index >= 15 is 0 Å². The number of aliphatic hydroxyl groups excluding tert-OH is 1. The lowest BCUT2D eigenvalue weighted by Gasteiger charge is -2.16. The summed E-state index contributed by atoms with van der Waals surface area (Å²) in [5.41, 5.74) is 2.13. The van der Waals surface area contributed by atoms with Crippen molar-refractivity contribution in [3.8, 4) is 0 Å². The van der Waals surface area contributed by atoms with Crippen LogP contribution in [-0.4, -0.2) is 16.8 Å². The summed E-state index contributed by atoms with van der Waals surface area (Å²) in [5, 5.41) is 8.63. The molecular weight excluding hydrogens is 244 g/mol. The number of rotatable bonds is 4. The van der Waals surface area contributed by atoms with Crippen molar-refractivity contribution >= 4 is 16.9 Å². The van der Waals surface area contributed by atoms with Crippen LogP contribution in [0, 0.1) is 0 Å². The molecule has 0 amide bonds. The van der Waals surface area contributed by atoms with Crippen LogP contribution in [0.4, 0.5) is 0 Å². The van der Waals surface area contributed by atoms with Gasteiger partial charge in [0.05, 0.1) is 5.25 Å². The molecule has 0 unspecified atom stereocenters. The van der Waals surface area contributed by atoms with Crippen molar-refractivity contribution in [1.82, 2.24) is 0 Å². The normalized spacial score (nSPS) is 10.6. The second kappa shape index (κ2) is 6.38. The van der Waals surface area contributed by atoms with Crippen molar-refractivity contribution in [2.24, 2.45) is 0 Å². The molecule has 18 heavy (non-hydrogen) atoms. The fraction of sp³-hybridized carbons (Fsp3) is 0.133. The molecule has 0 aliphatic heterocycles. The zero-order chi connectivity index (χ0) is 12.8. The molecule has 0 aliphatic rings. The number of hydrogen-bond acceptors (Lipinski definition) is 3. The minimum absolute atomic E-state index is 0.0629. The minimum Gasteiger partial charge on any atom is -0.388 e. The largest absolute Gasteiger partial charge is 0.388 e. The van der Waals surface area contributed by atoms with Gasteiger partial charge in [-0.25, -0.2) is 0 Å². The topological polar surface area (TPSA) is 37.3 Å². The van der Waals surface area contributed by atoms with Crippen LogP contribution in [0.3, 0.4) is 0 Å². The van der Waals surface area contributed by atoms with E-state index in [2.05, 4.69) is 0 Å². The molecule has 0 heterocycles. The first-order chi connectivity index (χ1) is 8.81. The highest BCUT2D eigenvalue weighted by atomic mass is 32.2. The molecule has 0 radical (unpaired) electrons. The molecule has 0 aromatic heterocycles. The Bertz CT molecular complexity index is 457. The van der Waals surface area contributed by atoms with Crippen molar-refractivity contribution in [2.45, 2.75) is 5.25 Å². The third-order valence-electron chi connectivity index (χ3n) is 2.58. The number of aliphatic hydroxyl groups is 1. The van der Waals surface area contributed by atoms with E-state index in [1.54, 1.807) is 0 Å². The Morgan fingerprint density at radius 1 is 0.944 bits per heavy atom. The Morgan fingerprint density at radius 3 is 1.78 bits per heavy atom. The Hall–Kier alpha value is -1.58. The number of carbonyl (C=O) groups excluding carboxylic acids is 1. The summed E-state index contributed by atoms with van der Waals surface area (Å²) >= 11 is 1.16. The summed E-state index contributed by atoms with van der Waals surface area (Å²) in [6, 6.07) is 19.7. The second-order valence-corrected chi connectivity index (χ2v) is 5.01. The van der Waals surface area contributed by atoms with Gasteiger partial charge in [-0.2, -0.15) is 0 Å². The Balaban J connectivity index is 2.32. The molecule has 3 heteroatoms. The van der Waals surface area contributed by atoms with E-state index in [4.69, 9.17) is 5.11 Å². The van der Waals surface area contributed by atoms with Gasteiger partial charge in [-0.05, 0) is 11.1 Å². The van der Waals surface area contributed by atoms with Crippen LogP contribution in [0.2, 0.25) is 0 Å². The minimum atomic E-state index is -0.430. The standard InChI is InChI=1S/C15H14O2S/c16-11-14(17)18-15(12-7-3-1-4-8-12)13-9-5-2-6-10-13/h1-10,15-16H,11H2. The molecule has 0 aliphatic carbocycles. The number of thioether (sulfide) groups is 1. The van der Waals surface area contributed by atoms with Crippen LogP contribution in [-0.2, 0) is 4.79 Å². The third-order valence-corrected chi connectivity index (χ3v) is 3.76. The molecule has 2 aromatic carbocycles. The first-order valence-electron chi connectivity index (χ1n) is 5.71. The molecule has 0 bridgehead atoms. The van der Waals surface area contributed by atoms with E-state index in [1.807, 2.05) is 60.7 Å². The lowest BCUT2D eigenvalue weighted by atomic mass is 10.0. The molecule has 2 nitrogen and oxygen atoms in total. The van der Waals surface area contributed by atoms with Gasteiger partial charge >= 0.3 is 0 Å². The zero-order valence-electron chi connectivity index (χ0n) is 9.82. The summed E-state index contributed by atoms with van der Waals surface area (Å²) in [5.74, 6) is 0. The number of benzene rings is 2. The highest BCUT2D eigenvalue weighted by molar-refractivity contribution is 8.14. The van der Waals surface area contributed by atoms with Crippen molar-refractivity contribution in [3.05, 3.63) is 71.8 Å². The molecular formula is C15H14O2S. The lowest BCUT2D eigenvalue weighted by molar-refractivity contribution is -0.113. The van der Waals surface area contributed by atoms with E-state index in [0.717, 1.165) is 22.9 Å². The molecule has 0 saturated heterocycles. The quantitative estimate of drug-likeness (QED) is 0.916. The second-order valence-electron chi connectivity index (χ2n) is 3.85. The van der Waals surface area contributed by atoms with Crippen molar-refractivity contribution in [1.29, 1.82) is 0 Å². The lowest BCUT2D eigenvalue weighted by Crippen LogP contribution is -2.04. The van der Waals surface area contributed by atoms with Crippen molar-refractivity contribution in [2.75, 3.05) is 6.61 Å². The van der Waals surface area contributed by atoms with Crippen LogP contribution >= 0.6 is 11.8 Å². The fourth-order valence-electron chi connectivity index (χ4n) is 1.75. The predicted molar refractivity (Wildman–Crippen MR) is 74.4 cm³/mol. The monoisotopic (exact) mass is 258 g/mol. The maximum atomic E-state index is 11.5. The summed E-state index contributed by atoms with van der Waals surface area (Å²) in [6.45, 7) is -0.430. The third kappa shape index (κ3) is 3.22. The van der Waals surface area contributed by atoms with E-state index in [1.165, 1.54) is 0 Å². The Morgan fingerprint density at radius 2 is 1.39 bits per heavy atom. The number of hydrogen-bond donors (Lipinski definition) is 1. The molecule has 2 rings (SSSR count). The SMILES string of the molecule is O=C(CO)SC(c1ccccc1)c1ccccc1. The summed E-state index contributed by atoms with van der Waals surface area (Å²) in [6.07, 6.45) is 0. The predicted octanol–water partition coefficient (Wildman–Crippen LogP) is 3.03. The summed E-state index contributed by atoms with van der Waals surface area (Å²) in [4.78, 5) is 11.5. The van der Waals surface area contributed by atoms with Gasteiger partial charge in [0.1, 0.15) is 6.61 Å². The fourth-order valence-corrected chi connectivity index (χ4v) is 2.68. The van der Waals surface area contributed by atoms with Crippen LogP contribution < -0.4 is 0 Å². The van der Waals surface area contributed by atoms with Crippen LogP contribution in [0.25, 0.3) is 0 Å². The van der Waals surface area contributed by atoms with Gasteiger partial charge in [-0.15, -0.1) is 0 Å². The maximum Gasteiger partial charge on any atom is 0.215 e. The highest BCUT2D eigenvalue weighted by Crippen LogP contribution is 2.35. The van der Waals surface area contributed by atoms with Gasteiger partial charge < -0.3 is 5.11 Å². The molecule has 92 valence electrons. The molecule has 0 saturated carbocycles. The number of carbonyl (C=O) groups is 1. The first-order valence-corrected chi connectivity index (χ1v) is 6.59. The molecule has 2 aromatic rings. The first kappa shape index (κ1) is 12.9. The summed E-state index contributed by atoms with van der Waals surface area (Å²) < 4.78 is 0. The van der Waals surface area contributed by atoms with Crippen LogP contribution in [0.5, 0.6) is 0 Å². The van der Waals surface area contributed by atoms with Crippen molar-refractivity contribution in [3.63, 3.8) is 0 Å². The van der Waals surface area contributed by atoms with E-state index < -0.39 is 6.61 Å². The highest BCUT2D eigenvalue weighted by Gasteiger charge is 2.17. The van der Waals surface area contributed by atoms with Crippen molar-refractivity contribution < 1.29 is 9.90 Å². The van der Waals surface area contributed by atoms with Gasteiger partial charge in [-0.1, -0.05) is 72.4 Å². The smallest absolute Gasteiger partial charge is 0.215 e.